The van der Waals surface area contributed by atoms with Gasteiger partial charge in [0.05, 0.1) is 12.1 Å². The Hall–Kier alpha value is -3.12. The van der Waals surface area contributed by atoms with Gasteiger partial charge in [-0.3, -0.25) is 4.79 Å². The number of halogens is 3. The van der Waals surface area contributed by atoms with E-state index in [1.165, 1.54) is 12.3 Å². The molecule has 9 heteroatoms. The lowest BCUT2D eigenvalue weighted by Gasteiger charge is -2.22. The average Bonchev–Trinajstić information content (AvgIpc) is 2.60. The van der Waals surface area contributed by atoms with Crippen LogP contribution in [0, 0.1) is 6.57 Å². The van der Waals surface area contributed by atoms with Crippen LogP contribution in [0.15, 0.2) is 42.6 Å². The van der Waals surface area contributed by atoms with E-state index in [1.807, 2.05) is 0 Å². The van der Waals surface area contributed by atoms with Crippen LogP contribution in [-0.4, -0.2) is 28.2 Å². The summed E-state index contributed by atoms with van der Waals surface area (Å²) in [5.74, 6) is -0.779. The molecule has 1 aromatic heterocycles. The highest BCUT2D eigenvalue weighted by Gasteiger charge is 2.35. The third-order valence-corrected chi connectivity index (χ3v) is 3.31. The maximum Gasteiger partial charge on any atom is 0.407 e. The van der Waals surface area contributed by atoms with Crippen molar-refractivity contribution in [1.29, 1.82) is 0 Å². The Morgan fingerprint density at radius 3 is 2.65 bits per heavy atom. The minimum Gasteiger partial charge on any atom is -0.474 e. The summed E-state index contributed by atoms with van der Waals surface area (Å²) in [7, 11) is 0. The predicted molar refractivity (Wildman–Crippen MR) is 86.7 cm³/mol. The van der Waals surface area contributed by atoms with Crippen LogP contribution in [0.5, 0.6) is 5.88 Å². The van der Waals surface area contributed by atoms with Crippen molar-refractivity contribution in [3.8, 4) is 5.88 Å². The Morgan fingerprint density at radius 1 is 1.35 bits per heavy atom. The number of pyridine rings is 1. The Bertz CT molecular complexity index is 831. The second-order valence-electron chi connectivity index (χ2n) is 5.53. The van der Waals surface area contributed by atoms with Crippen molar-refractivity contribution in [1.82, 2.24) is 4.98 Å². The van der Waals surface area contributed by atoms with Crippen LogP contribution in [-0.2, 0) is 11.0 Å². The predicted octanol–water partition coefficient (Wildman–Crippen LogP) is 3.42. The van der Waals surface area contributed by atoms with Crippen LogP contribution in [0.4, 0.5) is 24.5 Å². The normalized spacial score (nSPS) is 13.4. The van der Waals surface area contributed by atoms with E-state index in [4.69, 9.17) is 11.3 Å². The number of alkyl halides is 3. The molecule has 136 valence electrons. The number of carbonyl (C=O) groups excluding carboxylic acids is 1. The highest BCUT2D eigenvalue weighted by Crippen LogP contribution is 2.38. The monoisotopic (exact) mass is 365 g/mol. The number of amides is 1. The molecule has 6 nitrogen and oxygen atoms in total. The summed E-state index contributed by atoms with van der Waals surface area (Å²) in [4.78, 5) is 18.8. The fraction of sp³-hybridized carbons (Fsp3) is 0.235. The molecule has 0 aliphatic rings. The van der Waals surface area contributed by atoms with E-state index in [9.17, 15) is 23.1 Å². The van der Waals surface area contributed by atoms with Gasteiger partial charge in [0.2, 0.25) is 5.88 Å². The number of anilines is 1. The molecule has 0 spiro atoms. The Kier molecular flexibility index (Phi) is 5.47. The van der Waals surface area contributed by atoms with E-state index >= 15 is 0 Å². The van der Waals surface area contributed by atoms with Crippen molar-refractivity contribution in [3.63, 3.8) is 0 Å². The van der Waals surface area contributed by atoms with Gasteiger partial charge in [-0.1, -0.05) is 12.1 Å². The molecule has 0 radical (unpaired) electrons. The number of hydrogen-bond acceptors (Lipinski definition) is 4. The summed E-state index contributed by atoms with van der Waals surface area (Å²) in [6.07, 6.45) is -3.28. The molecule has 0 saturated heterocycles. The van der Waals surface area contributed by atoms with Crippen molar-refractivity contribution in [2.24, 2.45) is 0 Å². The molecule has 0 unspecified atom stereocenters. The minimum atomic E-state index is -4.74. The van der Waals surface area contributed by atoms with Gasteiger partial charge in [0.15, 0.2) is 11.3 Å². The van der Waals surface area contributed by atoms with Gasteiger partial charge in [0, 0.05) is 18.0 Å². The lowest BCUT2D eigenvalue weighted by atomic mass is 10.1. The van der Waals surface area contributed by atoms with Gasteiger partial charge in [-0.15, -0.1) is 0 Å². The highest BCUT2D eigenvalue weighted by atomic mass is 19.4. The molecule has 0 saturated carbocycles. The molecule has 26 heavy (non-hydrogen) atoms. The molecular formula is C17H14F3N3O3. The van der Waals surface area contributed by atoms with Crippen LogP contribution in [0.1, 0.15) is 12.5 Å². The third kappa shape index (κ3) is 4.70. The van der Waals surface area contributed by atoms with Gasteiger partial charge in [0.25, 0.3) is 5.91 Å². The molecule has 2 N–H and O–H groups in total. The van der Waals surface area contributed by atoms with Gasteiger partial charge < -0.3 is 15.2 Å². The number of rotatable bonds is 5. The van der Waals surface area contributed by atoms with Crippen molar-refractivity contribution in [3.05, 3.63) is 59.6 Å². The second kappa shape index (κ2) is 7.41. The van der Waals surface area contributed by atoms with E-state index in [2.05, 4.69) is 15.1 Å². The van der Waals surface area contributed by atoms with Crippen LogP contribution in [0.25, 0.3) is 4.85 Å². The van der Waals surface area contributed by atoms with Gasteiger partial charge in [-0.05, 0) is 25.1 Å². The summed E-state index contributed by atoms with van der Waals surface area (Å²) in [6.45, 7) is 7.49. The van der Waals surface area contributed by atoms with Gasteiger partial charge >= 0.3 is 6.18 Å². The summed E-state index contributed by atoms with van der Waals surface area (Å²) in [6, 6.07) is 7.56. The third-order valence-electron chi connectivity index (χ3n) is 3.31. The van der Waals surface area contributed by atoms with Crippen LogP contribution >= 0.6 is 0 Å². The topological polar surface area (TPSA) is 75.8 Å². The zero-order chi connectivity index (χ0) is 19.4. The molecule has 0 aliphatic heterocycles. The fourth-order valence-corrected chi connectivity index (χ4v) is 1.92. The fourth-order valence-electron chi connectivity index (χ4n) is 1.92. The maximum atomic E-state index is 13.0. The summed E-state index contributed by atoms with van der Waals surface area (Å²) >= 11 is 0. The number of benzene rings is 1. The number of nitrogens with zero attached hydrogens (tertiary/aromatic N) is 2. The number of hydrogen-bond donors (Lipinski definition) is 2. The molecule has 2 rings (SSSR count). The number of carbonyl (C=O) groups is 1. The second-order valence-corrected chi connectivity index (χ2v) is 5.53. The molecule has 0 fully saturated rings. The summed E-state index contributed by atoms with van der Waals surface area (Å²) < 4.78 is 44.1. The number of aromatic nitrogens is 1. The molecule has 0 aliphatic carbocycles. The standard InChI is InChI=1S/C17H14F3N3O3/c1-16(25,10-26-14-5-3-4-8-22-14)15(24)23-11-6-7-13(21-2)12(9-11)17(18,19)20/h3-9,25H,10H2,1H3,(H,23,24)/t16-/m0/s1. The quantitative estimate of drug-likeness (QED) is 0.796. The first kappa shape index (κ1) is 19.2. The zero-order valence-corrected chi connectivity index (χ0v) is 13.5. The minimum absolute atomic E-state index is 0.182. The molecule has 0 bridgehead atoms. The van der Waals surface area contributed by atoms with Gasteiger partial charge in [-0.25, -0.2) is 9.83 Å². The lowest BCUT2D eigenvalue weighted by molar-refractivity contribution is -0.137. The number of nitrogens with one attached hydrogen (secondary N) is 1. The smallest absolute Gasteiger partial charge is 0.407 e. The van der Waals surface area contributed by atoms with E-state index in [1.54, 1.807) is 12.1 Å². The number of aliphatic hydroxyl groups is 1. The first-order chi connectivity index (χ1) is 12.1. The van der Waals surface area contributed by atoms with E-state index in [0.29, 0.717) is 6.07 Å². The highest BCUT2D eigenvalue weighted by molar-refractivity contribution is 5.97. The largest absolute Gasteiger partial charge is 0.474 e. The first-order valence-corrected chi connectivity index (χ1v) is 7.30. The summed E-state index contributed by atoms with van der Waals surface area (Å²) in [5, 5.41) is 12.4. The summed E-state index contributed by atoms with van der Waals surface area (Å²) in [5.41, 5.74) is -3.97. The Morgan fingerprint density at radius 2 is 2.08 bits per heavy atom. The number of ether oxygens (including phenoxy) is 1. The average molecular weight is 365 g/mol. The molecular weight excluding hydrogens is 351 g/mol. The lowest BCUT2D eigenvalue weighted by Crippen LogP contribution is -2.45. The van der Waals surface area contributed by atoms with Crippen molar-refractivity contribution >= 4 is 17.3 Å². The molecule has 1 atom stereocenters. The molecule has 2 aromatic rings. The van der Waals surface area contributed by atoms with E-state index < -0.39 is 35.5 Å². The van der Waals surface area contributed by atoms with Gasteiger partial charge in [0.1, 0.15) is 6.61 Å². The molecule has 1 heterocycles. The maximum absolute atomic E-state index is 13.0. The SMILES string of the molecule is [C-]#[N+]c1ccc(NC(=O)[C@@](C)(O)COc2ccccn2)cc1C(F)(F)F. The van der Waals surface area contributed by atoms with Crippen molar-refractivity contribution < 1.29 is 27.8 Å². The van der Waals surface area contributed by atoms with E-state index in [-0.39, 0.29) is 11.6 Å². The van der Waals surface area contributed by atoms with Crippen LogP contribution in [0.3, 0.4) is 0 Å². The van der Waals surface area contributed by atoms with Crippen molar-refractivity contribution in [2.75, 3.05) is 11.9 Å². The van der Waals surface area contributed by atoms with Crippen LogP contribution < -0.4 is 10.1 Å². The van der Waals surface area contributed by atoms with Gasteiger partial charge in [-0.2, -0.15) is 13.2 Å². The Labute approximate surface area is 147 Å². The van der Waals surface area contributed by atoms with Crippen LogP contribution in [0.2, 0.25) is 0 Å². The van der Waals surface area contributed by atoms with E-state index in [0.717, 1.165) is 19.1 Å². The first-order valence-electron chi connectivity index (χ1n) is 7.30. The molecule has 1 aromatic carbocycles. The Balaban J connectivity index is 2.12. The molecule has 1 amide bonds. The zero-order valence-electron chi connectivity index (χ0n) is 13.5. The van der Waals surface area contributed by atoms with Crippen molar-refractivity contribution in [2.45, 2.75) is 18.7 Å².